The molecule has 0 unspecified atom stereocenters. The Morgan fingerprint density at radius 3 is 2.54 bits per heavy atom. The molecule has 0 aliphatic carbocycles. The molecule has 2 aliphatic rings. The number of nitrogens with zero attached hydrogens (tertiary/aromatic N) is 1. The number of amides is 1. The van der Waals surface area contributed by atoms with Crippen LogP contribution in [-0.2, 0) is 4.74 Å². The Labute approximate surface area is 142 Å². The van der Waals surface area contributed by atoms with Crippen molar-refractivity contribution in [2.45, 2.75) is 19.3 Å². The number of carbonyl (C=O) groups is 1. The van der Waals surface area contributed by atoms with Crippen molar-refractivity contribution in [3.63, 3.8) is 0 Å². The first-order valence-electron chi connectivity index (χ1n) is 8.30. The fourth-order valence-electron chi connectivity index (χ4n) is 3.79. The topological polar surface area (TPSA) is 57.2 Å². The first-order valence-corrected chi connectivity index (χ1v) is 8.30. The van der Waals surface area contributed by atoms with Crippen LogP contribution in [0.2, 0.25) is 0 Å². The van der Waals surface area contributed by atoms with Crippen molar-refractivity contribution in [2.24, 2.45) is 5.41 Å². The molecule has 1 spiro atoms. The molecule has 0 saturated carbocycles. The Balaban J connectivity index is 1.89. The quantitative estimate of drug-likeness (QED) is 0.845. The molecule has 0 aromatic heterocycles. The van der Waals surface area contributed by atoms with Gasteiger partial charge in [0.15, 0.2) is 11.5 Å². The predicted octanol–water partition coefficient (Wildman–Crippen LogP) is 2.36. The number of methoxy groups -OCH3 is 3. The van der Waals surface area contributed by atoms with Gasteiger partial charge in [0.05, 0.1) is 33.5 Å². The number of ether oxygens (including phenoxy) is 4. The molecule has 1 aromatic rings. The van der Waals surface area contributed by atoms with Crippen molar-refractivity contribution in [1.29, 1.82) is 0 Å². The van der Waals surface area contributed by atoms with Crippen LogP contribution in [0.25, 0.3) is 0 Å². The second kappa shape index (κ2) is 6.89. The average Bonchev–Trinajstić information content (AvgIpc) is 3.07. The van der Waals surface area contributed by atoms with Gasteiger partial charge in [-0.05, 0) is 31.4 Å². The summed E-state index contributed by atoms with van der Waals surface area (Å²) in [6, 6.07) is 3.49. The zero-order valence-electron chi connectivity index (χ0n) is 14.6. The second-order valence-electron chi connectivity index (χ2n) is 6.51. The Morgan fingerprint density at radius 2 is 1.92 bits per heavy atom. The van der Waals surface area contributed by atoms with Gasteiger partial charge in [0, 0.05) is 25.1 Å². The lowest BCUT2D eigenvalue weighted by Crippen LogP contribution is -2.46. The van der Waals surface area contributed by atoms with Gasteiger partial charge in [-0.2, -0.15) is 0 Å². The van der Waals surface area contributed by atoms with E-state index >= 15 is 0 Å². The van der Waals surface area contributed by atoms with Crippen LogP contribution in [-0.4, -0.2) is 58.4 Å². The largest absolute Gasteiger partial charge is 0.493 e. The van der Waals surface area contributed by atoms with Crippen molar-refractivity contribution in [2.75, 3.05) is 47.6 Å². The number of piperidine rings is 1. The molecule has 24 heavy (non-hydrogen) atoms. The lowest BCUT2D eigenvalue weighted by Gasteiger charge is -2.39. The summed E-state index contributed by atoms with van der Waals surface area (Å²) in [4.78, 5) is 15.0. The molecule has 2 fully saturated rings. The van der Waals surface area contributed by atoms with E-state index in [1.165, 1.54) is 7.11 Å². The average molecular weight is 335 g/mol. The molecule has 1 atom stereocenters. The van der Waals surface area contributed by atoms with Crippen molar-refractivity contribution in [3.8, 4) is 17.2 Å². The third kappa shape index (κ3) is 2.90. The van der Waals surface area contributed by atoms with Gasteiger partial charge in [-0.1, -0.05) is 0 Å². The van der Waals surface area contributed by atoms with Gasteiger partial charge in [0.1, 0.15) is 0 Å². The van der Waals surface area contributed by atoms with Crippen molar-refractivity contribution in [3.05, 3.63) is 17.7 Å². The smallest absolute Gasteiger partial charge is 0.257 e. The maximum Gasteiger partial charge on any atom is 0.257 e. The number of hydrogen-bond acceptors (Lipinski definition) is 5. The maximum absolute atomic E-state index is 13.1. The first-order chi connectivity index (χ1) is 11.6. The lowest BCUT2D eigenvalue weighted by molar-refractivity contribution is 0.0459. The molecule has 1 amide bonds. The highest BCUT2D eigenvalue weighted by molar-refractivity contribution is 5.98. The van der Waals surface area contributed by atoms with E-state index in [0.717, 1.165) is 45.6 Å². The number of benzene rings is 1. The summed E-state index contributed by atoms with van der Waals surface area (Å²) in [5, 5.41) is 0. The number of hydrogen-bond donors (Lipinski definition) is 0. The van der Waals surface area contributed by atoms with Crippen LogP contribution in [0.15, 0.2) is 12.1 Å². The molecule has 0 bridgehead atoms. The van der Waals surface area contributed by atoms with Crippen molar-refractivity contribution >= 4 is 5.91 Å². The van der Waals surface area contributed by atoms with E-state index in [9.17, 15) is 4.79 Å². The highest BCUT2D eigenvalue weighted by Crippen LogP contribution is 2.42. The van der Waals surface area contributed by atoms with Crippen molar-refractivity contribution < 1.29 is 23.7 Å². The van der Waals surface area contributed by atoms with Crippen LogP contribution in [0.1, 0.15) is 29.6 Å². The highest BCUT2D eigenvalue weighted by atomic mass is 16.5. The minimum absolute atomic E-state index is 0.0289. The Morgan fingerprint density at radius 1 is 1.12 bits per heavy atom. The van der Waals surface area contributed by atoms with E-state index in [0.29, 0.717) is 22.8 Å². The molecule has 6 heteroatoms. The van der Waals surface area contributed by atoms with Gasteiger partial charge in [-0.3, -0.25) is 4.79 Å². The van der Waals surface area contributed by atoms with E-state index < -0.39 is 0 Å². The van der Waals surface area contributed by atoms with Gasteiger partial charge in [0.25, 0.3) is 5.91 Å². The zero-order valence-corrected chi connectivity index (χ0v) is 14.6. The molecule has 1 aromatic carbocycles. The molecule has 2 saturated heterocycles. The number of carbonyl (C=O) groups excluding carboxylic acids is 1. The normalized spacial score (nSPS) is 23.4. The van der Waals surface area contributed by atoms with Crippen LogP contribution in [0.4, 0.5) is 0 Å². The highest BCUT2D eigenvalue weighted by Gasteiger charge is 2.41. The molecule has 3 rings (SSSR count). The SMILES string of the molecule is COc1ccc(C(=O)N2CCC[C@@]3(CCOC3)C2)c(OC)c1OC. The van der Waals surface area contributed by atoms with E-state index in [4.69, 9.17) is 18.9 Å². The summed E-state index contributed by atoms with van der Waals surface area (Å²) in [5.41, 5.74) is 0.628. The molecular formula is C18H25NO5. The molecule has 6 nitrogen and oxygen atoms in total. The minimum atomic E-state index is -0.0289. The van der Waals surface area contributed by atoms with Gasteiger partial charge in [-0.25, -0.2) is 0 Å². The van der Waals surface area contributed by atoms with Crippen molar-refractivity contribution in [1.82, 2.24) is 4.90 Å². The lowest BCUT2D eigenvalue weighted by atomic mass is 9.79. The molecule has 2 aliphatic heterocycles. The summed E-state index contributed by atoms with van der Waals surface area (Å²) in [6.45, 7) is 3.04. The molecule has 132 valence electrons. The second-order valence-corrected chi connectivity index (χ2v) is 6.51. The van der Waals surface area contributed by atoms with Crippen LogP contribution < -0.4 is 14.2 Å². The van der Waals surface area contributed by atoms with Gasteiger partial charge in [0.2, 0.25) is 5.75 Å². The number of rotatable bonds is 4. The van der Waals surface area contributed by atoms with Gasteiger partial charge < -0.3 is 23.8 Å². The van der Waals surface area contributed by atoms with Crippen LogP contribution in [0, 0.1) is 5.41 Å². The Hall–Kier alpha value is -1.95. The molecule has 0 N–H and O–H groups in total. The summed E-state index contributed by atoms with van der Waals surface area (Å²) < 4.78 is 21.7. The van der Waals surface area contributed by atoms with E-state index in [1.807, 2.05) is 4.90 Å². The van der Waals surface area contributed by atoms with E-state index in [2.05, 4.69) is 0 Å². The Bertz CT molecular complexity index is 610. The summed E-state index contributed by atoms with van der Waals surface area (Å²) in [7, 11) is 4.64. The van der Waals surface area contributed by atoms with Crippen LogP contribution in [0.3, 0.4) is 0 Å². The summed E-state index contributed by atoms with van der Waals surface area (Å²) in [5.74, 6) is 1.38. The van der Waals surface area contributed by atoms with Crippen LogP contribution in [0.5, 0.6) is 17.2 Å². The van der Waals surface area contributed by atoms with Gasteiger partial charge >= 0.3 is 0 Å². The third-order valence-corrected chi connectivity index (χ3v) is 5.07. The van der Waals surface area contributed by atoms with E-state index in [-0.39, 0.29) is 11.3 Å². The monoisotopic (exact) mass is 335 g/mol. The zero-order chi connectivity index (χ0) is 17.2. The molecular weight excluding hydrogens is 310 g/mol. The Kier molecular flexibility index (Phi) is 4.85. The molecule has 2 heterocycles. The maximum atomic E-state index is 13.1. The third-order valence-electron chi connectivity index (χ3n) is 5.07. The summed E-state index contributed by atoms with van der Waals surface area (Å²) >= 11 is 0. The summed E-state index contributed by atoms with van der Waals surface area (Å²) in [6.07, 6.45) is 3.16. The minimum Gasteiger partial charge on any atom is -0.493 e. The van der Waals surface area contributed by atoms with Gasteiger partial charge in [-0.15, -0.1) is 0 Å². The first kappa shape index (κ1) is 16.9. The fourth-order valence-corrected chi connectivity index (χ4v) is 3.79. The predicted molar refractivity (Wildman–Crippen MR) is 89.1 cm³/mol. The van der Waals surface area contributed by atoms with E-state index in [1.54, 1.807) is 26.4 Å². The fraction of sp³-hybridized carbons (Fsp3) is 0.611. The number of likely N-dealkylation sites (tertiary alicyclic amines) is 1. The standard InChI is InChI=1S/C18H25NO5/c1-21-14-6-5-13(15(22-2)16(14)23-3)17(20)19-9-4-7-18(11-19)8-10-24-12-18/h5-6H,4,7-12H2,1-3H3/t18-/m1/s1. The van der Waals surface area contributed by atoms with Crippen LogP contribution >= 0.6 is 0 Å². The molecule has 0 radical (unpaired) electrons.